The standard InChI is InChI=1S/C10H14N2O2/c1-12(10(13)7-14-2)9-6-4-3-5-8(9)11/h3-6H,7,11H2,1-2H3. The van der Waals surface area contributed by atoms with E-state index >= 15 is 0 Å². The predicted octanol–water partition coefficient (Wildman–Crippen LogP) is 0.878. The Hall–Kier alpha value is -1.55. The second-order valence-corrected chi connectivity index (χ2v) is 2.94. The molecule has 0 radical (unpaired) electrons. The summed E-state index contributed by atoms with van der Waals surface area (Å²) in [5, 5.41) is 0. The summed E-state index contributed by atoms with van der Waals surface area (Å²) in [5.74, 6) is -0.120. The highest BCUT2D eigenvalue weighted by atomic mass is 16.5. The molecule has 1 aromatic rings. The molecule has 76 valence electrons. The number of likely N-dealkylation sites (N-methyl/N-ethyl adjacent to an activating group) is 1. The third kappa shape index (κ3) is 2.23. The van der Waals surface area contributed by atoms with Crippen molar-refractivity contribution in [1.82, 2.24) is 0 Å². The van der Waals surface area contributed by atoms with Crippen molar-refractivity contribution in [2.75, 3.05) is 31.4 Å². The molecule has 1 rings (SSSR count). The fourth-order valence-corrected chi connectivity index (χ4v) is 1.15. The lowest BCUT2D eigenvalue weighted by Gasteiger charge is -2.18. The van der Waals surface area contributed by atoms with E-state index in [1.807, 2.05) is 12.1 Å². The molecule has 0 bridgehead atoms. The summed E-state index contributed by atoms with van der Waals surface area (Å²) in [7, 11) is 3.16. The predicted molar refractivity (Wildman–Crippen MR) is 56.1 cm³/mol. The van der Waals surface area contributed by atoms with E-state index < -0.39 is 0 Å². The molecule has 4 heteroatoms. The summed E-state index contributed by atoms with van der Waals surface area (Å²) in [6, 6.07) is 7.21. The molecular weight excluding hydrogens is 180 g/mol. The molecule has 4 nitrogen and oxygen atoms in total. The number of para-hydroxylation sites is 2. The van der Waals surface area contributed by atoms with Crippen LogP contribution in [-0.2, 0) is 9.53 Å². The van der Waals surface area contributed by atoms with Gasteiger partial charge in [-0.05, 0) is 12.1 Å². The lowest BCUT2D eigenvalue weighted by Crippen LogP contribution is -2.30. The number of anilines is 2. The maximum Gasteiger partial charge on any atom is 0.252 e. The van der Waals surface area contributed by atoms with Gasteiger partial charge in [-0.2, -0.15) is 0 Å². The Labute approximate surface area is 83.3 Å². The molecule has 1 amide bonds. The van der Waals surface area contributed by atoms with Gasteiger partial charge < -0.3 is 15.4 Å². The van der Waals surface area contributed by atoms with Gasteiger partial charge in [-0.25, -0.2) is 0 Å². The highest BCUT2D eigenvalue weighted by Gasteiger charge is 2.11. The molecule has 14 heavy (non-hydrogen) atoms. The number of methoxy groups -OCH3 is 1. The van der Waals surface area contributed by atoms with Gasteiger partial charge in [0.1, 0.15) is 6.61 Å². The van der Waals surface area contributed by atoms with Crippen LogP contribution in [0.2, 0.25) is 0 Å². The molecule has 0 aliphatic carbocycles. The van der Waals surface area contributed by atoms with E-state index in [0.29, 0.717) is 11.4 Å². The molecule has 0 heterocycles. The van der Waals surface area contributed by atoms with Crippen molar-refractivity contribution in [2.24, 2.45) is 0 Å². The SMILES string of the molecule is COCC(=O)N(C)c1ccccc1N. The van der Waals surface area contributed by atoms with E-state index in [9.17, 15) is 4.79 Å². The Bertz CT molecular complexity index is 326. The summed E-state index contributed by atoms with van der Waals surface area (Å²) in [4.78, 5) is 12.9. The Balaban J connectivity index is 2.84. The zero-order chi connectivity index (χ0) is 10.6. The lowest BCUT2D eigenvalue weighted by atomic mass is 10.2. The van der Waals surface area contributed by atoms with E-state index in [2.05, 4.69) is 0 Å². The largest absolute Gasteiger partial charge is 0.397 e. The maximum atomic E-state index is 11.4. The van der Waals surface area contributed by atoms with E-state index in [1.165, 1.54) is 12.0 Å². The zero-order valence-corrected chi connectivity index (χ0v) is 8.36. The zero-order valence-electron chi connectivity index (χ0n) is 8.36. The van der Waals surface area contributed by atoms with Crippen molar-refractivity contribution in [3.8, 4) is 0 Å². The minimum absolute atomic E-state index is 0.0604. The van der Waals surface area contributed by atoms with Crippen LogP contribution >= 0.6 is 0 Å². The summed E-state index contributed by atoms with van der Waals surface area (Å²) in [6.45, 7) is 0.0604. The first-order valence-corrected chi connectivity index (χ1v) is 4.27. The number of nitrogens with two attached hydrogens (primary N) is 1. The van der Waals surface area contributed by atoms with Crippen LogP contribution in [0.15, 0.2) is 24.3 Å². The first-order chi connectivity index (χ1) is 6.66. The Kier molecular flexibility index (Phi) is 3.48. The van der Waals surface area contributed by atoms with Crippen LogP contribution in [0.4, 0.5) is 11.4 Å². The number of hydrogen-bond acceptors (Lipinski definition) is 3. The van der Waals surface area contributed by atoms with Crippen LogP contribution in [0.25, 0.3) is 0 Å². The highest BCUT2D eigenvalue weighted by molar-refractivity contribution is 5.96. The molecule has 2 N–H and O–H groups in total. The number of benzene rings is 1. The Morgan fingerprint density at radius 1 is 1.50 bits per heavy atom. The van der Waals surface area contributed by atoms with Crippen LogP contribution in [0.3, 0.4) is 0 Å². The van der Waals surface area contributed by atoms with Crippen LogP contribution in [0, 0.1) is 0 Å². The van der Waals surface area contributed by atoms with Gasteiger partial charge in [0, 0.05) is 14.2 Å². The van der Waals surface area contributed by atoms with Crippen molar-refractivity contribution in [2.45, 2.75) is 0 Å². The van der Waals surface area contributed by atoms with Gasteiger partial charge in [-0.3, -0.25) is 4.79 Å². The summed E-state index contributed by atoms with van der Waals surface area (Å²) >= 11 is 0. The van der Waals surface area contributed by atoms with Crippen LogP contribution in [-0.4, -0.2) is 26.7 Å². The minimum Gasteiger partial charge on any atom is -0.397 e. The third-order valence-corrected chi connectivity index (χ3v) is 1.94. The molecule has 0 aliphatic heterocycles. The molecule has 1 aromatic carbocycles. The number of carbonyl (C=O) groups excluding carboxylic acids is 1. The van der Waals surface area contributed by atoms with Gasteiger partial charge in [-0.15, -0.1) is 0 Å². The first-order valence-electron chi connectivity index (χ1n) is 4.27. The average molecular weight is 194 g/mol. The van der Waals surface area contributed by atoms with Gasteiger partial charge in [0.15, 0.2) is 0 Å². The third-order valence-electron chi connectivity index (χ3n) is 1.94. The van der Waals surface area contributed by atoms with E-state index in [1.54, 1.807) is 19.2 Å². The molecule has 0 unspecified atom stereocenters. The van der Waals surface area contributed by atoms with E-state index in [4.69, 9.17) is 10.5 Å². The van der Waals surface area contributed by atoms with Crippen molar-refractivity contribution in [1.29, 1.82) is 0 Å². The highest BCUT2D eigenvalue weighted by Crippen LogP contribution is 2.20. The second kappa shape index (κ2) is 4.62. The second-order valence-electron chi connectivity index (χ2n) is 2.94. The van der Waals surface area contributed by atoms with E-state index in [0.717, 1.165) is 0 Å². The van der Waals surface area contributed by atoms with Crippen molar-refractivity contribution < 1.29 is 9.53 Å². The number of ether oxygens (including phenoxy) is 1. The quantitative estimate of drug-likeness (QED) is 0.727. The fraction of sp³-hybridized carbons (Fsp3) is 0.300. The number of hydrogen-bond donors (Lipinski definition) is 1. The maximum absolute atomic E-state index is 11.4. The van der Waals surface area contributed by atoms with Crippen LogP contribution < -0.4 is 10.6 Å². The minimum atomic E-state index is -0.120. The number of carbonyl (C=O) groups is 1. The summed E-state index contributed by atoms with van der Waals surface area (Å²) in [6.07, 6.45) is 0. The normalized spacial score (nSPS) is 9.86. The van der Waals surface area contributed by atoms with Gasteiger partial charge >= 0.3 is 0 Å². The van der Waals surface area contributed by atoms with Crippen LogP contribution in [0.5, 0.6) is 0 Å². The molecule has 0 saturated heterocycles. The van der Waals surface area contributed by atoms with Gasteiger partial charge in [0.2, 0.25) is 0 Å². The van der Waals surface area contributed by atoms with Gasteiger partial charge in [0.25, 0.3) is 5.91 Å². The molecule has 0 fully saturated rings. The molecule has 0 aliphatic rings. The summed E-state index contributed by atoms with van der Waals surface area (Å²) < 4.78 is 4.75. The van der Waals surface area contributed by atoms with E-state index in [-0.39, 0.29) is 12.5 Å². The Morgan fingerprint density at radius 3 is 2.71 bits per heavy atom. The number of nitrogen functional groups attached to an aromatic ring is 1. The van der Waals surface area contributed by atoms with Crippen LogP contribution in [0.1, 0.15) is 0 Å². The summed E-state index contributed by atoms with van der Waals surface area (Å²) in [5.41, 5.74) is 7.01. The van der Waals surface area contributed by atoms with Gasteiger partial charge in [0.05, 0.1) is 11.4 Å². The molecule has 0 atom stereocenters. The fourth-order valence-electron chi connectivity index (χ4n) is 1.15. The number of nitrogens with zero attached hydrogens (tertiary/aromatic N) is 1. The molecule has 0 spiro atoms. The molecule has 0 aromatic heterocycles. The molecule has 0 saturated carbocycles. The van der Waals surface area contributed by atoms with Crippen molar-refractivity contribution in [3.05, 3.63) is 24.3 Å². The smallest absolute Gasteiger partial charge is 0.252 e. The van der Waals surface area contributed by atoms with Crippen molar-refractivity contribution in [3.63, 3.8) is 0 Å². The van der Waals surface area contributed by atoms with Gasteiger partial charge in [-0.1, -0.05) is 12.1 Å². The first kappa shape index (κ1) is 10.5. The Morgan fingerprint density at radius 2 is 2.14 bits per heavy atom. The topological polar surface area (TPSA) is 55.6 Å². The van der Waals surface area contributed by atoms with Crippen molar-refractivity contribution >= 4 is 17.3 Å². The number of amides is 1. The molecular formula is C10H14N2O2. The lowest BCUT2D eigenvalue weighted by molar-refractivity contribution is -0.121. The number of rotatable bonds is 3. The average Bonchev–Trinajstić information content (AvgIpc) is 2.18. The monoisotopic (exact) mass is 194 g/mol.